The van der Waals surface area contributed by atoms with Gasteiger partial charge in [0.15, 0.2) is 23.3 Å². The second-order valence-electron chi connectivity index (χ2n) is 9.19. The summed E-state index contributed by atoms with van der Waals surface area (Å²) in [7, 11) is 0. The van der Waals surface area contributed by atoms with Crippen molar-refractivity contribution in [1.82, 2.24) is 4.98 Å². The van der Waals surface area contributed by atoms with E-state index in [4.69, 9.17) is 16.5 Å². The summed E-state index contributed by atoms with van der Waals surface area (Å²) in [5.74, 6) is -6.38. The number of halogens is 4. The molecule has 0 bridgehead atoms. The summed E-state index contributed by atoms with van der Waals surface area (Å²) in [5.41, 5.74) is 13.4. The molecular weight excluding hydrogens is 520 g/mol. The number of pyridine rings is 1. The molecule has 0 fully saturated rings. The largest absolute Gasteiger partial charge is 0.396 e. The molecular formula is C31H18F4N4O. The van der Waals surface area contributed by atoms with Crippen molar-refractivity contribution in [3.8, 4) is 33.5 Å². The summed E-state index contributed by atoms with van der Waals surface area (Å²) in [6.07, 6.45) is 0. The molecule has 0 aliphatic heterocycles. The van der Waals surface area contributed by atoms with Gasteiger partial charge in [0.05, 0.1) is 22.5 Å². The van der Waals surface area contributed by atoms with Gasteiger partial charge >= 0.3 is 0 Å². The first-order valence-electron chi connectivity index (χ1n) is 12.1. The lowest BCUT2D eigenvalue weighted by Crippen LogP contribution is -2.05. The SMILES string of the molecule is Nc1c(F)c(F)c(-c2ccc(-c3ccc(-c4nc5ccccc5c5c(N)c(N=O)ccc45)cc3)cc2)c(F)c1F. The van der Waals surface area contributed by atoms with Crippen molar-refractivity contribution in [2.75, 3.05) is 11.5 Å². The Kier molecular flexibility index (Phi) is 5.91. The Balaban J connectivity index is 1.41. The predicted octanol–water partition coefficient (Wildman–Crippen LogP) is 8.51. The average molecular weight is 539 g/mol. The van der Waals surface area contributed by atoms with E-state index in [9.17, 15) is 22.5 Å². The molecule has 0 radical (unpaired) electrons. The van der Waals surface area contributed by atoms with Gasteiger partial charge in [0.2, 0.25) is 0 Å². The molecule has 40 heavy (non-hydrogen) atoms. The predicted molar refractivity (Wildman–Crippen MR) is 150 cm³/mol. The molecule has 0 saturated carbocycles. The number of para-hydroxylation sites is 1. The number of rotatable bonds is 4. The first-order chi connectivity index (χ1) is 19.3. The van der Waals surface area contributed by atoms with Crippen molar-refractivity contribution in [3.05, 3.63) is 113 Å². The monoisotopic (exact) mass is 538 g/mol. The van der Waals surface area contributed by atoms with Gasteiger partial charge in [-0.2, -0.15) is 0 Å². The van der Waals surface area contributed by atoms with Crippen LogP contribution in [0, 0.1) is 28.2 Å². The van der Waals surface area contributed by atoms with E-state index >= 15 is 0 Å². The number of hydrogen-bond acceptors (Lipinski definition) is 5. The lowest BCUT2D eigenvalue weighted by molar-refractivity contribution is 0.464. The van der Waals surface area contributed by atoms with Crippen LogP contribution in [0.3, 0.4) is 0 Å². The van der Waals surface area contributed by atoms with Crippen molar-refractivity contribution in [2.45, 2.75) is 0 Å². The maximum absolute atomic E-state index is 14.4. The molecule has 0 saturated heterocycles. The van der Waals surface area contributed by atoms with E-state index in [1.54, 1.807) is 24.3 Å². The van der Waals surface area contributed by atoms with Crippen LogP contribution in [0.4, 0.5) is 34.6 Å². The quantitative estimate of drug-likeness (QED) is 0.0773. The first kappa shape index (κ1) is 25.0. The smallest absolute Gasteiger partial charge is 0.185 e. The number of nitroso groups, excluding NO2 is 1. The topological polar surface area (TPSA) is 94.4 Å². The third-order valence-electron chi connectivity index (χ3n) is 6.94. The second kappa shape index (κ2) is 9.46. The zero-order valence-corrected chi connectivity index (χ0v) is 20.6. The number of fused-ring (bicyclic) bond motifs is 3. The minimum Gasteiger partial charge on any atom is -0.396 e. The Hall–Kier alpha value is -5.31. The minimum absolute atomic E-state index is 0.0400. The summed E-state index contributed by atoms with van der Waals surface area (Å²) in [5, 5.41) is 5.29. The molecule has 0 amide bonds. The summed E-state index contributed by atoms with van der Waals surface area (Å²) in [6, 6.07) is 24.2. The van der Waals surface area contributed by atoms with Crippen LogP contribution in [0.5, 0.6) is 0 Å². The van der Waals surface area contributed by atoms with Crippen LogP contribution in [0.1, 0.15) is 0 Å². The van der Waals surface area contributed by atoms with Crippen molar-refractivity contribution in [3.63, 3.8) is 0 Å². The van der Waals surface area contributed by atoms with Gasteiger partial charge < -0.3 is 11.5 Å². The average Bonchev–Trinajstić information content (AvgIpc) is 2.99. The third-order valence-corrected chi connectivity index (χ3v) is 6.94. The third kappa shape index (κ3) is 3.82. The summed E-state index contributed by atoms with van der Waals surface area (Å²) < 4.78 is 56.7. The standard InChI is InChI=1S/C31H18F4N4O/c32-25-23(26(33)28(35)30(37)27(25)34)17-9-5-15(6-10-17)16-7-11-18(12-8-16)31-20-13-14-22(39-40)29(36)24(20)19-3-1-2-4-21(19)38-31/h1-14H,36-37H2. The van der Waals surface area contributed by atoms with E-state index < -0.39 is 34.5 Å². The Morgan fingerprint density at radius 2 is 1.12 bits per heavy atom. The van der Waals surface area contributed by atoms with Crippen molar-refractivity contribution in [2.24, 2.45) is 5.18 Å². The molecule has 196 valence electrons. The van der Waals surface area contributed by atoms with Crippen LogP contribution in [-0.2, 0) is 0 Å². The van der Waals surface area contributed by atoms with Crippen LogP contribution in [-0.4, -0.2) is 4.98 Å². The van der Waals surface area contributed by atoms with Gasteiger partial charge in [-0.05, 0) is 40.1 Å². The molecule has 0 aliphatic carbocycles. The highest BCUT2D eigenvalue weighted by atomic mass is 19.2. The number of anilines is 2. The van der Waals surface area contributed by atoms with Crippen molar-refractivity contribution < 1.29 is 17.6 Å². The van der Waals surface area contributed by atoms with Crippen molar-refractivity contribution >= 4 is 38.7 Å². The molecule has 1 aromatic heterocycles. The summed E-state index contributed by atoms with van der Waals surface area (Å²) in [6.45, 7) is 0. The first-order valence-corrected chi connectivity index (χ1v) is 12.1. The van der Waals surface area contributed by atoms with Gasteiger partial charge in [-0.25, -0.2) is 22.5 Å². The van der Waals surface area contributed by atoms with Crippen molar-refractivity contribution in [1.29, 1.82) is 0 Å². The Labute approximate surface area is 224 Å². The Morgan fingerprint density at radius 3 is 1.73 bits per heavy atom. The second-order valence-corrected chi connectivity index (χ2v) is 9.19. The molecule has 5 aromatic carbocycles. The van der Waals surface area contributed by atoms with Crippen LogP contribution in [0.2, 0.25) is 0 Å². The van der Waals surface area contributed by atoms with Crippen LogP contribution < -0.4 is 11.5 Å². The number of nitrogens with zero attached hydrogens (tertiary/aromatic N) is 2. The molecule has 9 heteroatoms. The fourth-order valence-electron chi connectivity index (χ4n) is 4.91. The molecule has 0 unspecified atom stereocenters. The van der Waals surface area contributed by atoms with Gasteiger partial charge in [0.1, 0.15) is 11.4 Å². The van der Waals surface area contributed by atoms with Gasteiger partial charge in [0.25, 0.3) is 0 Å². The maximum Gasteiger partial charge on any atom is 0.185 e. The number of benzene rings is 5. The Morgan fingerprint density at radius 1 is 0.575 bits per heavy atom. The van der Waals surface area contributed by atoms with E-state index in [-0.39, 0.29) is 16.9 Å². The van der Waals surface area contributed by atoms with Gasteiger partial charge in [-0.1, -0.05) is 66.7 Å². The molecule has 4 N–H and O–H groups in total. The van der Waals surface area contributed by atoms with E-state index in [0.29, 0.717) is 22.2 Å². The fraction of sp³-hybridized carbons (Fsp3) is 0. The molecule has 1 heterocycles. The molecule has 0 atom stereocenters. The van der Waals surface area contributed by atoms with Gasteiger partial charge in [0, 0.05) is 21.7 Å². The molecule has 6 aromatic rings. The lowest BCUT2D eigenvalue weighted by atomic mass is 9.96. The van der Waals surface area contributed by atoms with E-state index in [0.717, 1.165) is 21.9 Å². The maximum atomic E-state index is 14.4. The fourth-order valence-corrected chi connectivity index (χ4v) is 4.91. The highest BCUT2D eigenvalue weighted by Crippen LogP contribution is 2.40. The van der Waals surface area contributed by atoms with Gasteiger partial charge in [-0.15, -0.1) is 4.91 Å². The Bertz CT molecular complexity index is 1950. The zero-order chi connectivity index (χ0) is 28.1. The highest BCUT2D eigenvalue weighted by Gasteiger charge is 2.25. The van der Waals surface area contributed by atoms with Crippen LogP contribution >= 0.6 is 0 Å². The van der Waals surface area contributed by atoms with Crippen LogP contribution in [0.25, 0.3) is 55.2 Å². The number of hydrogen-bond donors (Lipinski definition) is 2. The van der Waals surface area contributed by atoms with E-state index in [1.165, 1.54) is 12.1 Å². The zero-order valence-electron chi connectivity index (χ0n) is 20.6. The number of nitrogens with two attached hydrogens (primary N) is 2. The van der Waals surface area contributed by atoms with Gasteiger partial charge in [-0.3, -0.25) is 0 Å². The summed E-state index contributed by atoms with van der Waals surface area (Å²) in [4.78, 5) is 16.1. The molecule has 6 rings (SSSR count). The minimum atomic E-state index is -1.64. The molecule has 5 nitrogen and oxygen atoms in total. The molecule has 0 aliphatic rings. The van der Waals surface area contributed by atoms with E-state index in [2.05, 4.69) is 5.18 Å². The highest BCUT2D eigenvalue weighted by molar-refractivity contribution is 6.17. The van der Waals surface area contributed by atoms with Crippen LogP contribution in [0.15, 0.2) is 90.1 Å². The van der Waals surface area contributed by atoms with E-state index in [1.807, 2.05) is 48.5 Å². The number of aromatic nitrogens is 1. The normalized spacial score (nSPS) is 11.3. The summed E-state index contributed by atoms with van der Waals surface area (Å²) >= 11 is 0. The lowest BCUT2D eigenvalue weighted by Gasteiger charge is -2.13. The molecule has 0 spiro atoms. The number of nitrogen functional groups attached to an aromatic ring is 2.